The molecular formula is C10H7Cl2N5O3. The smallest absolute Gasteiger partial charge is 0.347 e. The number of aromatic nitrogens is 2. The van der Waals surface area contributed by atoms with Crippen LogP contribution in [0.15, 0.2) is 23.4 Å². The highest BCUT2D eigenvalue weighted by Crippen LogP contribution is 2.36. The Morgan fingerprint density at radius 1 is 1.35 bits per heavy atom. The number of halogens is 2. The summed E-state index contributed by atoms with van der Waals surface area (Å²) in [6, 6.07) is 4.39. The Balaban J connectivity index is 2.50. The molecule has 4 N–H and O–H groups in total. The van der Waals surface area contributed by atoms with Crippen molar-refractivity contribution < 1.29 is 9.47 Å². The molecule has 0 aliphatic carbocycles. The molecule has 2 rings (SSSR count). The lowest BCUT2D eigenvalue weighted by atomic mass is 10.3. The van der Waals surface area contributed by atoms with Gasteiger partial charge in [-0.25, -0.2) is 4.73 Å². The molecule has 1 aromatic heterocycles. The zero-order chi connectivity index (χ0) is 14.9. The van der Waals surface area contributed by atoms with E-state index >= 15 is 0 Å². The van der Waals surface area contributed by atoms with E-state index in [1.165, 1.54) is 18.2 Å². The Morgan fingerprint density at radius 3 is 2.65 bits per heavy atom. The van der Waals surface area contributed by atoms with Crippen LogP contribution < -0.4 is 20.9 Å². The maximum Gasteiger partial charge on any atom is 0.347 e. The molecule has 0 radical (unpaired) electrons. The van der Waals surface area contributed by atoms with Crippen LogP contribution in [0.2, 0.25) is 10.0 Å². The standard InChI is InChI=1S/C10H7Cl2N5O3/c11-4-1-2-6(5(12)3-4)20-9-7(16-18)8(13)17(19)10(14)15-9/h1-3H,13H2,(H2,14,15). The van der Waals surface area contributed by atoms with Crippen molar-refractivity contribution in [2.45, 2.75) is 0 Å². The number of hydrogen-bond acceptors (Lipinski definition) is 7. The molecule has 0 fully saturated rings. The van der Waals surface area contributed by atoms with E-state index in [9.17, 15) is 10.1 Å². The van der Waals surface area contributed by atoms with E-state index in [0.717, 1.165) is 0 Å². The average Bonchev–Trinajstić information content (AvgIpc) is 2.40. The first-order valence-corrected chi connectivity index (χ1v) is 5.84. The van der Waals surface area contributed by atoms with Crippen molar-refractivity contribution in [3.63, 3.8) is 0 Å². The van der Waals surface area contributed by atoms with Gasteiger partial charge in [0.05, 0.1) is 5.02 Å². The van der Waals surface area contributed by atoms with Crippen molar-refractivity contribution in [2.75, 3.05) is 11.5 Å². The van der Waals surface area contributed by atoms with Gasteiger partial charge in [-0.15, -0.1) is 4.91 Å². The molecular weight excluding hydrogens is 309 g/mol. The summed E-state index contributed by atoms with van der Waals surface area (Å²) in [4.78, 5) is 14.3. The number of ether oxygens (including phenoxy) is 1. The van der Waals surface area contributed by atoms with Crippen LogP contribution >= 0.6 is 23.2 Å². The zero-order valence-electron chi connectivity index (χ0n) is 9.71. The molecule has 0 saturated carbocycles. The molecule has 1 heterocycles. The first-order chi connectivity index (χ1) is 9.43. The first kappa shape index (κ1) is 14.1. The van der Waals surface area contributed by atoms with Gasteiger partial charge in [0.25, 0.3) is 0 Å². The second-order valence-electron chi connectivity index (χ2n) is 3.57. The summed E-state index contributed by atoms with van der Waals surface area (Å²) in [5.74, 6) is -1.19. The van der Waals surface area contributed by atoms with Gasteiger partial charge in [-0.1, -0.05) is 28.2 Å². The molecule has 1 aromatic carbocycles. The van der Waals surface area contributed by atoms with Gasteiger partial charge in [-0.3, -0.25) is 0 Å². The van der Waals surface area contributed by atoms with Crippen molar-refractivity contribution in [2.24, 2.45) is 5.18 Å². The Kier molecular flexibility index (Phi) is 3.77. The van der Waals surface area contributed by atoms with Crippen LogP contribution in [0, 0.1) is 10.1 Å². The maximum absolute atomic E-state index is 11.4. The lowest BCUT2D eigenvalue weighted by molar-refractivity contribution is -0.576. The van der Waals surface area contributed by atoms with Crippen molar-refractivity contribution in [1.82, 2.24) is 4.98 Å². The van der Waals surface area contributed by atoms with Crippen LogP contribution in [0.25, 0.3) is 0 Å². The van der Waals surface area contributed by atoms with Gasteiger partial charge in [-0.05, 0) is 23.4 Å². The second kappa shape index (κ2) is 5.35. The van der Waals surface area contributed by atoms with Gasteiger partial charge in [0.2, 0.25) is 11.5 Å². The number of anilines is 2. The fourth-order valence-corrected chi connectivity index (χ4v) is 1.80. The van der Waals surface area contributed by atoms with Gasteiger partial charge >= 0.3 is 11.8 Å². The van der Waals surface area contributed by atoms with Crippen LogP contribution in [-0.2, 0) is 0 Å². The third-order valence-electron chi connectivity index (χ3n) is 2.28. The molecule has 10 heteroatoms. The number of nitrogens with zero attached hydrogens (tertiary/aromatic N) is 3. The van der Waals surface area contributed by atoms with Crippen LogP contribution in [-0.4, -0.2) is 4.98 Å². The van der Waals surface area contributed by atoms with Crippen molar-refractivity contribution in [3.8, 4) is 11.6 Å². The number of nitrogen functional groups attached to an aromatic ring is 2. The minimum Gasteiger partial charge on any atom is -0.754 e. The Hall–Kier alpha value is -2.32. The van der Waals surface area contributed by atoms with E-state index < -0.39 is 17.5 Å². The molecule has 0 spiro atoms. The normalized spacial score (nSPS) is 10.3. The fraction of sp³-hybridized carbons (Fsp3) is 0. The van der Waals surface area contributed by atoms with Crippen LogP contribution in [0.4, 0.5) is 17.5 Å². The minimum absolute atomic E-state index is 0.0626. The van der Waals surface area contributed by atoms with Crippen molar-refractivity contribution in [3.05, 3.63) is 38.4 Å². The predicted molar refractivity (Wildman–Crippen MR) is 74.0 cm³/mol. The van der Waals surface area contributed by atoms with E-state index in [2.05, 4.69) is 10.2 Å². The third kappa shape index (κ3) is 2.51. The maximum atomic E-state index is 11.4. The van der Waals surface area contributed by atoms with Gasteiger partial charge in [-0.2, -0.15) is 0 Å². The Morgan fingerprint density at radius 2 is 2.05 bits per heavy atom. The summed E-state index contributed by atoms with van der Waals surface area (Å²) in [7, 11) is 0. The van der Waals surface area contributed by atoms with Gasteiger partial charge in [0.15, 0.2) is 0 Å². The molecule has 2 aromatic rings. The molecule has 8 nitrogen and oxygen atoms in total. The SMILES string of the molecule is Nc1nc(Oc2ccc(Cl)cc2Cl)c(N=O)c(N)[n+]1[O-]. The topological polar surface area (TPSA) is 131 Å². The summed E-state index contributed by atoms with van der Waals surface area (Å²) in [5.41, 5.74) is 10.3. The highest BCUT2D eigenvalue weighted by Gasteiger charge is 2.21. The Labute approximate surface area is 122 Å². The summed E-state index contributed by atoms with van der Waals surface area (Å²) in [5, 5.41) is 14.5. The van der Waals surface area contributed by atoms with Crippen molar-refractivity contribution in [1.29, 1.82) is 0 Å². The summed E-state index contributed by atoms with van der Waals surface area (Å²) < 4.78 is 5.36. The number of benzene rings is 1. The Bertz CT molecular complexity index is 695. The number of hydrogen-bond donors (Lipinski definition) is 2. The predicted octanol–water partition coefficient (Wildman–Crippen LogP) is 2.38. The number of nitrogens with two attached hydrogens (primary N) is 2. The van der Waals surface area contributed by atoms with Gasteiger partial charge < -0.3 is 21.4 Å². The molecule has 0 bridgehead atoms. The molecule has 0 aliphatic rings. The van der Waals surface area contributed by atoms with Gasteiger partial charge in [0.1, 0.15) is 5.75 Å². The molecule has 0 unspecified atom stereocenters. The van der Waals surface area contributed by atoms with E-state index in [0.29, 0.717) is 5.02 Å². The molecule has 0 atom stereocenters. The first-order valence-electron chi connectivity index (χ1n) is 5.08. The monoisotopic (exact) mass is 315 g/mol. The zero-order valence-corrected chi connectivity index (χ0v) is 11.2. The van der Waals surface area contributed by atoms with E-state index in [1.807, 2.05) is 0 Å². The summed E-state index contributed by atoms with van der Waals surface area (Å²) in [6.07, 6.45) is 0. The molecule has 20 heavy (non-hydrogen) atoms. The van der Waals surface area contributed by atoms with E-state index in [-0.39, 0.29) is 21.4 Å². The fourth-order valence-electron chi connectivity index (χ4n) is 1.35. The van der Waals surface area contributed by atoms with Gasteiger partial charge in [0, 0.05) is 5.02 Å². The second-order valence-corrected chi connectivity index (χ2v) is 4.42. The van der Waals surface area contributed by atoms with Crippen LogP contribution in [0.5, 0.6) is 11.6 Å². The average molecular weight is 316 g/mol. The quantitative estimate of drug-likeness (QED) is 0.508. The third-order valence-corrected chi connectivity index (χ3v) is 2.81. The summed E-state index contributed by atoms with van der Waals surface area (Å²) >= 11 is 11.7. The van der Waals surface area contributed by atoms with Crippen LogP contribution in [0.1, 0.15) is 0 Å². The number of rotatable bonds is 3. The minimum atomic E-state index is -0.521. The lowest BCUT2D eigenvalue weighted by Gasteiger charge is -2.12. The molecule has 0 amide bonds. The van der Waals surface area contributed by atoms with Crippen molar-refractivity contribution >= 4 is 40.7 Å². The molecule has 104 valence electrons. The van der Waals surface area contributed by atoms with E-state index in [4.69, 9.17) is 39.4 Å². The molecule has 0 saturated heterocycles. The number of nitroso groups, excluding NO2 is 1. The van der Waals surface area contributed by atoms with Crippen LogP contribution in [0.3, 0.4) is 0 Å². The lowest BCUT2D eigenvalue weighted by Crippen LogP contribution is -2.35. The summed E-state index contributed by atoms with van der Waals surface area (Å²) in [6.45, 7) is 0. The largest absolute Gasteiger partial charge is 0.754 e. The highest BCUT2D eigenvalue weighted by molar-refractivity contribution is 6.35. The highest BCUT2D eigenvalue weighted by atomic mass is 35.5. The van der Waals surface area contributed by atoms with E-state index in [1.54, 1.807) is 0 Å². The molecule has 0 aliphatic heterocycles.